The van der Waals surface area contributed by atoms with Crippen molar-refractivity contribution in [3.8, 4) is 0 Å². The molecular formula is C37H52O9. The van der Waals surface area contributed by atoms with Gasteiger partial charge in [-0.15, -0.1) is 0 Å². The molecule has 0 radical (unpaired) electrons. The Labute approximate surface area is 273 Å². The average Bonchev–Trinajstić information content (AvgIpc) is 3.33. The number of allylic oxidation sites excluding steroid dienone is 5. The smallest absolute Gasteiger partial charge is 0.331 e. The lowest BCUT2D eigenvalue weighted by atomic mass is 9.70. The van der Waals surface area contributed by atoms with Gasteiger partial charge in [-0.25, -0.2) is 4.79 Å². The summed E-state index contributed by atoms with van der Waals surface area (Å²) in [7, 11) is 0. The van der Waals surface area contributed by atoms with Crippen LogP contribution in [0, 0.1) is 17.8 Å². The van der Waals surface area contributed by atoms with Gasteiger partial charge in [0.15, 0.2) is 5.79 Å². The van der Waals surface area contributed by atoms with Gasteiger partial charge in [0.25, 0.3) is 0 Å². The van der Waals surface area contributed by atoms with Crippen LogP contribution in [0.15, 0.2) is 58.7 Å². The summed E-state index contributed by atoms with van der Waals surface area (Å²) in [6, 6.07) is 0. The van der Waals surface area contributed by atoms with Gasteiger partial charge in [-0.2, -0.15) is 0 Å². The molecule has 10 atom stereocenters. The van der Waals surface area contributed by atoms with Crippen molar-refractivity contribution in [2.45, 2.75) is 128 Å². The van der Waals surface area contributed by atoms with Gasteiger partial charge in [0.2, 0.25) is 0 Å². The van der Waals surface area contributed by atoms with Gasteiger partial charge in [0, 0.05) is 25.3 Å². The molecule has 3 fully saturated rings. The van der Waals surface area contributed by atoms with Crippen molar-refractivity contribution in [3.05, 3.63) is 58.7 Å². The second kappa shape index (κ2) is 14.3. The molecule has 0 saturated carbocycles. The van der Waals surface area contributed by atoms with E-state index in [2.05, 4.69) is 39.8 Å². The first kappa shape index (κ1) is 34.8. The second-order valence-electron chi connectivity index (χ2n) is 14.3. The number of aliphatic hydroxyl groups is 2. The number of fused-ring (bicyclic) bond motifs is 2. The molecule has 0 aromatic heterocycles. The highest BCUT2D eigenvalue weighted by atomic mass is 16.7. The van der Waals surface area contributed by atoms with Gasteiger partial charge < -0.3 is 33.9 Å². The molecule has 4 aliphatic heterocycles. The highest BCUT2D eigenvalue weighted by Gasteiger charge is 2.60. The average molecular weight is 641 g/mol. The fraction of sp³-hybridized carbons (Fsp3) is 0.676. The van der Waals surface area contributed by atoms with E-state index >= 15 is 0 Å². The van der Waals surface area contributed by atoms with Crippen LogP contribution >= 0.6 is 0 Å². The molecule has 0 aromatic carbocycles. The number of carbonyl (C=O) groups excluding carboxylic acids is 2. The van der Waals surface area contributed by atoms with Gasteiger partial charge in [-0.3, -0.25) is 4.79 Å². The number of carbonyl (C=O) groups is 2. The van der Waals surface area contributed by atoms with Gasteiger partial charge in [-0.1, -0.05) is 62.3 Å². The summed E-state index contributed by atoms with van der Waals surface area (Å²) < 4.78 is 31.0. The standard InChI is InChI=1S/C37H52O9/c1-7-31-25(6)13-14-36(46-31)19-29-18-28(45-36)12-11-24(5)16-23(4)9-8-10-27-21-43-34-33(39)26(20-42-32(38)15-22(2)3)17-30(35(40)44-29)37(27,34)41/h8-11,15,17,23,25,28-31,33-34,39,41H,7,12-14,16,18-21H2,1-6H3/b9-8+,24-11+,27-10+/t23-,25-,28+,29-,30-,31+,33+,34+,36+,37+/m0/s1. The van der Waals surface area contributed by atoms with E-state index in [4.69, 9.17) is 23.7 Å². The molecule has 1 spiro atoms. The largest absolute Gasteiger partial charge is 0.462 e. The number of esters is 2. The Balaban J connectivity index is 1.51. The topological polar surface area (TPSA) is 121 Å². The summed E-state index contributed by atoms with van der Waals surface area (Å²) in [5, 5.41) is 23.7. The number of rotatable bonds is 4. The molecule has 9 nitrogen and oxygen atoms in total. The molecule has 254 valence electrons. The van der Waals surface area contributed by atoms with Crippen molar-refractivity contribution in [2.75, 3.05) is 13.2 Å². The maximum Gasteiger partial charge on any atom is 0.331 e. The minimum Gasteiger partial charge on any atom is -0.462 e. The lowest BCUT2D eigenvalue weighted by molar-refractivity contribution is -0.335. The second-order valence-corrected chi connectivity index (χ2v) is 14.3. The Kier molecular flexibility index (Phi) is 10.8. The number of hydrogen-bond acceptors (Lipinski definition) is 9. The van der Waals surface area contributed by atoms with Crippen molar-refractivity contribution < 1.29 is 43.5 Å². The third kappa shape index (κ3) is 7.44. The fourth-order valence-corrected chi connectivity index (χ4v) is 7.70. The third-order valence-electron chi connectivity index (χ3n) is 10.2. The van der Waals surface area contributed by atoms with Gasteiger partial charge in [0.05, 0.1) is 18.8 Å². The van der Waals surface area contributed by atoms with E-state index < -0.39 is 47.6 Å². The van der Waals surface area contributed by atoms with Crippen molar-refractivity contribution in [2.24, 2.45) is 17.8 Å². The van der Waals surface area contributed by atoms with Crippen LogP contribution in [0.2, 0.25) is 0 Å². The van der Waals surface area contributed by atoms with Gasteiger partial charge in [-0.05, 0) is 69.4 Å². The Hall–Kier alpha value is -2.56. The van der Waals surface area contributed by atoms with Crippen LogP contribution in [0.4, 0.5) is 0 Å². The van der Waals surface area contributed by atoms with E-state index in [1.807, 2.05) is 6.08 Å². The predicted molar refractivity (Wildman–Crippen MR) is 172 cm³/mol. The number of hydrogen-bond donors (Lipinski definition) is 2. The van der Waals surface area contributed by atoms with Crippen molar-refractivity contribution in [3.63, 3.8) is 0 Å². The molecule has 46 heavy (non-hydrogen) atoms. The SMILES string of the molecule is CC[C@H]1O[C@]2(CC[C@@H]1C)C[C@@H]1C[C@@H](C/C=C(\C)C[C@@H](C)/C=C/C=C3\CO[C@@H]4[C@H](O)C(COC(=O)C=C(C)C)=C[C@@H](C(=O)O1)[C@]34O)O2. The van der Waals surface area contributed by atoms with Crippen LogP contribution in [0.1, 0.15) is 86.5 Å². The summed E-state index contributed by atoms with van der Waals surface area (Å²) in [5.74, 6) is -2.60. The summed E-state index contributed by atoms with van der Waals surface area (Å²) in [4.78, 5) is 26.5. The monoisotopic (exact) mass is 640 g/mol. The Morgan fingerprint density at radius 1 is 1.20 bits per heavy atom. The maximum absolute atomic E-state index is 14.2. The zero-order valence-electron chi connectivity index (χ0n) is 28.2. The van der Waals surface area contributed by atoms with E-state index in [0.717, 1.165) is 24.8 Å². The van der Waals surface area contributed by atoms with Crippen molar-refractivity contribution in [1.29, 1.82) is 0 Å². The quantitative estimate of drug-likeness (QED) is 0.236. The molecule has 5 rings (SSSR count). The van der Waals surface area contributed by atoms with Crippen molar-refractivity contribution in [1.82, 2.24) is 0 Å². The highest BCUT2D eigenvalue weighted by molar-refractivity contribution is 5.83. The third-order valence-corrected chi connectivity index (χ3v) is 10.2. The maximum atomic E-state index is 14.2. The van der Waals surface area contributed by atoms with Gasteiger partial charge in [0.1, 0.15) is 36.4 Å². The molecule has 0 aromatic rings. The summed E-state index contributed by atoms with van der Waals surface area (Å²) >= 11 is 0. The molecule has 0 unspecified atom stereocenters. The zero-order valence-corrected chi connectivity index (χ0v) is 28.2. The first-order chi connectivity index (χ1) is 21.8. The van der Waals surface area contributed by atoms with E-state index in [1.54, 1.807) is 19.9 Å². The molecule has 9 heteroatoms. The molecule has 0 amide bonds. The molecular weight excluding hydrogens is 588 g/mol. The van der Waals surface area contributed by atoms with Crippen molar-refractivity contribution >= 4 is 11.9 Å². The van der Waals surface area contributed by atoms with Crippen LogP contribution in [0.25, 0.3) is 0 Å². The minimum absolute atomic E-state index is 0.0330. The predicted octanol–water partition coefficient (Wildman–Crippen LogP) is 5.41. The zero-order chi connectivity index (χ0) is 33.2. The molecule has 3 saturated heterocycles. The van der Waals surface area contributed by atoms with Gasteiger partial charge >= 0.3 is 11.9 Å². The van der Waals surface area contributed by atoms with Crippen LogP contribution in [-0.4, -0.2) is 77.3 Å². The molecule has 1 aliphatic carbocycles. The van der Waals surface area contributed by atoms with Crippen LogP contribution in [-0.2, 0) is 33.3 Å². The normalized spacial score (nSPS) is 42.8. The first-order valence-corrected chi connectivity index (χ1v) is 17.0. The number of aliphatic hydroxyl groups excluding tert-OH is 1. The van der Waals surface area contributed by atoms with Crippen LogP contribution < -0.4 is 0 Å². The Bertz CT molecular complexity index is 1310. The first-order valence-electron chi connectivity index (χ1n) is 17.0. The summed E-state index contributed by atoms with van der Waals surface area (Å²) in [6.45, 7) is 11.9. The minimum atomic E-state index is -1.85. The molecule has 2 N–H and O–H groups in total. The lowest BCUT2D eigenvalue weighted by Gasteiger charge is -2.50. The van der Waals surface area contributed by atoms with Crippen LogP contribution in [0.5, 0.6) is 0 Å². The van der Waals surface area contributed by atoms with E-state index in [1.165, 1.54) is 17.7 Å². The lowest BCUT2D eigenvalue weighted by Crippen LogP contribution is -2.58. The molecule has 4 heterocycles. The Morgan fingerprint density at radius 3 is 2.72 bits per heavy atom. The highest BCUT2D eigenvalue weighted by Crippen LogP contribution is 2.47. The van der Waals surface area contributed by atoms with E-state index in [0.29, 0.717) is 37.2 Å². The van der Waals surface area contributed by atoms with E-state index in [-0.39, 0.29) is 36.9 Å². The summed E-state index contributed by atoms with van der Waals surface area (Å²) in [6.07, 6.45) is 12.7. The number of ether oxygens (including phenoxy) is 5. The van der Waals surface area contributed by atoms with E-state index in [9.17, 15) is 19.8 Å². The van der Waals surface area contributed by atoms with Crippen LogP contribution in [0.3, 0.4) is 0 Å². The molecule has 2 bridgehead atoms. The molecule has 5 aliphatic rings. The summed E-state index contributed by atoms with van der Waals surface area (Å²) in [5.41, 5.74) is 0.935. The Morgan fingerprint density at radius 2 is 1.98 bits per heavy atom. The fourth-order valence-electron chi connectivity index (χ4n) is 7.70.